The minimum absolute atomic E-state index is 0.0829. The highest BCUT2D eigenvalue weighted by Crippen LogP contribution is 2.25. The highest BCUT2D eigenvalue weighted by molar-refractivity contribution is 6.03. The van der Waals surface area contributed by atoms with Crippen LogP contribution in [0.25, 0.3) is 10.9 Å². The molecular weight excluding hydrogens is 282 g/mol. The number of aryl methyl sites for hydroxylation is 2. The molecule has 0 amide bonds. The van der Waals surface area contributed by atoms with Gasteiger partial charge in [0.25, 0.3) is 5.56 Å². The predicted molar refractivity (Wildman–Crippen MR) is 82.8 cm³/mol. The number of Topliss-reactive ketones (excluding diaryl/α,β-unsaturated/α-hetero) is 2. The minimum Gasteiger partial charge on any atom is -0.398 e. The Morgan fingerprint density at radius 1 is 1.36 bits per heavy atom. The number of nitrogen functional groups attached to an aromatic ring is 1. The maximum atomic E-state index is 13.0. The van der Waals surface area contributed by atoms with E-state index in [4.69, 9.17) is 9.85 Å². The first kappa shape index (κ1) is 11.1. The van der Waals surface area contributed by atoms with E-state index in [2.05, 4.69) is 4.98 Å². The third-order valence-electron chi connectivity index (χ3n) is 3.93. The Bertz CT molecular complexity index is 963. The van der Waals surface area contributed by atoms with Crippen molar-refractivity contribution in [3.8, 4) is 0 Å². The average Bonchev–Trinajstić information content (AvgIpc) is 2.46. The van der Waals surface area contributed by atoms with Gasteiger partial charge in [-0.3, -0.25) is 19.0 Å². The second-order valence-electron chi connectivity index (χ2n) is 5.60. The fourth-order valence-electron chi connectivity index (χ4n) is 2.92. The van der Waals surface area contributed by atoms with Crippen LogP contribution in [0.2, 0.25) is 0 Å². The Hall–Kier alpha value is -2.50. The van der Waals surface area contributed by atoms with E-state index in [9.17, 15) is 14.4 Å². The van der Waals surface area contributed by atoms with Crippen molar-refractivity contribution in [2.45, 2.75) is 39.1 Å². The number of benzene rings is 1. The van der Waals surface area contributed by atoms with Crippen LogP contribution in [0.4, 0.5) is 5.69 Å². The molecule has 114 valence electrons. The Morgan fingerprint density at radius 2 is 2.14 bits per heavy atom. The van der Waals surface area contributed by atoms with E-state index in [-0.39, 0.29) is 41.6 Å². The fraction of sp³-hybridized carbons (Fsp3) is 0.375. The van der Waals surface area contributed by atoms with Gasteiger partial charge in [0, 0.05) is 16.2 Å². The number of carbonyl (C=O) groups is 2. The highest BCUT2D eigenvalue weighted by atomic mass is 16.2. The van der Waals surface area contributed by atoms with Crippen LogP contribution in [0.1, 0.15) is 40.8 Å². The van der Waals surface area contributed by atoms with Gasteiger partial charge in [-0.15, -0.1) is 0 Å². The van der Waals surface area contributed by atoms with Crippen LogP contribution in [-0.4, -0.2) is 21.1 Å². The summed E-state index contributed by atoms with van der Waals surface area (Å²) in [7, 11) is 0. The summed E-state index contributed by atoms with van der Waals surface area (Å²) >= 11 is 0. The molecule has 2 aromatic rings. The van der Waals surface area contributed by atoms with Gasteiger partial charge in [0.2, 0.25) is 0 Å². The summed E-state index contributed by atoms with van der Waals surface area (Å²) in [4.78, 5) is 40.9. The summed E-state index contributed by atoms with van der Waals surface area (Å²) in [6.07, 6.45) is -0.108. The van der Waals surface area contributed by atoms with Gasteiger partial charge in [-0.2, -0.15) is 0 Å². The number of aromatic nitrogens is 2. The molecule has 1 unspecified atom stereocenters. The van der Waals surface area contributed by atoms with E-state index in [1.54, 1.807) is 19.1 Å². The van der Waals surface area contributed by atoms with Crippen molar-refractivity contribution < 1.29 is 13.7 Å². The average molecular weight is 302 g/mol. The summed E-state index contributed by atoms with van der Waals surface area (Å²) in [5.41, 5.74) is 6.38. The molecule has 1 heterocycles. The van der Waals surface area contributed by atoms with Crippen molar-refractivity contribution in [1.29, 1.82) is 0 Å². The number of rotatable bonds is 1. The minimum atomic E-state index is -2.69. The molecular formula is C16H17N3O3. The molecule has 6 nitrogen and oxygen atoms in total. The zero-order chi connectivity index (χ0) is 18.5. The molecule has 0 spiro atoms. The van der Waals surface area contributed by atoms with Crippen molar-refractivity contribution in [1.82, 2.24) is 9.55 Å². The quantitative estimate of drug-likeness (QED) is 0.635. The van der Waals surface area contributed by atoms with Gasteiger partial charge < -0.3 is 5.73 Å². The molecule has 1 aromatic carbocycles. The van der Waals surface area contributed by atoms with Crippen molar-refractivity contribution in [3.63, 3.8) is 0 Å². The molecule has 1 saturated carbocycles. The topological polar surface area (TPSA) is 95.0 Å². The largest absolute Gasteiger partial charge is 0.398 e. The number of nitrogens with zero attached hydrogens (tertiary/aromatic N) is 2. The number of anilines is 1. The SMILES string of the molecule is [2H]C([2H])([2H])c1nc2cc(C)cc(N)c2c(=O)n1C1CCC(=O)CC1=O. The molecule has 1 aliphatic carbocycles. The first-order valence-corrected chi connectivity index (χ1v) is 6.97. The molecule has 6 heteroatoms. The number of carbonyl (C=O) groups excluding carboxylic acids is 2. The summed E-state index contributed by atoms with van der Waals surface area (Å²) < 4.78 is 24.1. The second kappa shape index (κ2) is 5.05. The number of hydrogen-bond acceptors (Lipinski definition) is 5. The van der Waals surface area contributed by atoms with Crippen LogP contribution < -0.4 is 11.3 Å². The van der Waals surface area contributed by atoms with Crippen LogP contribution >= 0.6 is 0 Å². The predicted octanol–water partition coefficient (Wildman–Crippen LogP) is 1.46. The number of nitrogens with two attached hydrogens (primary N) is 1. The molecule has 0 saturated heterocycles. The molecule has 3 rings (SSSR count). The molecule has 1 fully saturated rings. The van der Waals surface area contributed by atoms with Gasteiger partial charge in [0.05, 0.1) is 23.4 Å². The van der Waals surface area contributed by atoms with E-state index >= 15 is 0 Å². The van der Waals surface area contributed by atoms with Crippen molar-refractivity contribution in [2.24, 2.45) is 0 Å². The van der Waals surface area contributed by atoms with Crippen LogP contribution in [0.5, 0.6) is 0 Å². The van der Waals surface area contributed by atoms with E-state index in [1.165, 1.54) is 0 Å². The summed E-state index contributed by atoms with van der Waals surface area (Å²) in [6, 6.07) is 2.16. The lowest BCUT2D eigenvalue weighted by Gasteiger charge is -2.24. The Balaban J connectivity index is 2.36. The molecule has 0 aliphatic heterocycles. The van der Waals surface area contributed by atoms with Gasteiger partial charge in [-0.05, 0) is 37.9 Å². The second-order valence-corrected chi connectivity index (χ2v) is 5.60. The third kappa shape index (κ3) is 2.20. The molecule has 1 aliphatic rings. The zero-order valence-corrected chi connectivity index (χ0v) is 12.0. The lowest BCUT2D eigenvalue weighted by atomic mass is 9.92. The fourth-order valence-corrected chi connectivity index (χ4v) is 2.92. The van der Waals surface area contributed by atoms with E-state index in [0.29, 0.717) is 0 Å². The normalized spacial score (nSPS) is 21.5. The first-order valence-electron chi connectivity index (χ1n) is 8.47. The smallest absolute Gasteiger partial charge is 0.264 e. The lowest BCUT2D eigenvalue weighted by Crippen LogP contribution is -2.36. The Labute approximate surface area is 131 Å². The van der Waals surface area contributed by atoms with Crippen molar-refractivity contribution in [3.05, 3.63) is 33.9 Å². The van der Waals surface area contributed by atoms with Crippen LogP contribution in [0.15, 0.2) is 16.9 Å². The van der Waals surface area contributed by atoms with Crippen molar-refractivity contribution >= 4 is 28.2 Å². The van der Waals surface area contributed by atoms with Gasteiger partial charge in [0.1, 0.15) is 11.6 Å². The Kier molecular flexibility index (Phi) is 2.55. The van der Waals surface area contributed by atoms with Gasteiger partial charge >= 0.3 is 0 Å². The zero-order valence-electron chi connectivity index (χ0n) is 15.0. The van der Waals surface area contributed by atoms with E-state index < -0.39 is 30.1 Å². The molecule has 0 radical (unpaired) electrons. The molecule has 1 aromatic heterocycles. The van der Waals surface area contributed by atoms with Gasteiger partial charge in [-0.25, -0.2) is 4.98 Å². The van der Waals surface area contributed by atoms with Crippen LogP contribution in [0, 0.1) is 13.8 Å². The Morgan fingerprint density at radius 3 is 2.82 bits per heavy atom. The summed E-state index contributed by atoms with van der Waals surface area (Å²) in [6.45, 7) is -0.929. The first-order chi connectivity index (χ1) is 11.6. The third-order valence-corrected chi connectivity index (χ3v) is 3.93. The number of hydrogen-bond donors (Lipinski definition) is 1. The maximum absolute atomic E-state index is 13.0. The summed E-state index contributed by atoms with van der Waals surface area (Å²) in [5.74, 6) is -1.15. The monoisotopic (exact) mass is 302 g/mol. The molecule has 2 N–H and O–H groups in total. The van der Waals surface area contributed by atoms with Gasteiger partial charge in [0.15, 0.2) is 5.78 Å². The van der Waals surface area contributed by atoms with E-state index in [0.717, 1.165) is 10.1 Å². The lowest BCUT2D eigenvalue weighted by molar-refractivity contribution is -0.132. The molecule has 22 heavy (non-hydrogen) atoms. The van der Waals surface area contributed by atoms with Crippen LogP contribution in [0.3, 0.4) is 0 Å². The van der Waals surface area contributed by atoms with Gasteiger partial charge in [-0.1, -0.05) is 0 Å². The number of ketones is 2. The van der Waals surface area contributed by atoms with Crippen molar-refractivity contribution in [2.75, 3.05) is 5.73 Å². The number of fused-ring (bicyclic) bond motifs is 1. The summed E-state index contributed by atoms with van der Waals surface area (Å²) in [5, 5.41) is 0.0864. The maximum Gasteiger partial charge on any atom is 0.264 e. The van der Waals surface area contributed by atoms with E-state index in [1.807, 2.05) is 0 Å². The standard InChI is InChI=1S/C16H17N3O3/c1-8-5-11(17)15-12(6-8)18-9(2)19(16(15)22)13-4-3-10(20)7-14(13)21/h5-6,13H,3-4,7,17H2,1-2H3/i2D3. The molecule has 0 bridgehead atoms. The molecule has 1 atom stereocenters. The highest BCUT2D eigenvalue weighted by Gasteiger charge is 2.30. The van der Waals surface area contributed by atoms with Crippen LogP contribution in [-0.2, 0) is 9.59 Å².